The maximum Gasteiger partial charge on any atom is 0.255 e. The number of carbonyl (C=O) groups is 2. The van der Waals surface area contributed by atoms with Gasteiger partial charge < -0.3 is 31.0 Å². The lowest BCUT2D eigenvalue weighted by atomic mass is 10.1. The summed E-state index contributed by atoms with van der Waals surface area (Å²) in [5.74, 6) is -0.293. The van der Waals surface area contributed by atoms with Crippen LogP contribution in [-0.4, -0.2) is 38.0 Å². The molecule has 30 heavy (non-hydrogen) atoms. The Balaban J connectivity index is 2.14. The summed E-state index contributed by atoms with van der Waals surface area (Å²) in [7, 11) is 1.47. The standard InChI is InChI=1S/C21H26N4O5/c1-3-29-19(15-8-9-16(28-2)17(10-15)30-12-18(22)26)21(27)25-11-13-4-6-14(7-5-13)20(23)24/h4-10,19H,3,11-12H2,1-2H3,(H2,22,26)(H3,23,24)(H,25,27). The third kappa shape index (κ3) is 6.21. The highest BCUT2D eigenvalue weighted by Crippen LogP contribution is 2.31. The number of rotatable bonds is 11. The van der Waals surface area contributed by atoms with Gasteiger partial charge in [0.25, 0.3) is 11.8 Å². The third-order valence-corrected chi connectivity index (χ3v) is 4.16. The minimum atomic E-state index is -0.881. The molecule has 0 aliphatic carbocycles. The normalized spacial score (nSPS) is 11.4. The van der Waals surface area contributed by atoms with Crippen molar-refractivity contribution in [2.75, 3.05) is 20.3 Å². The summed E-state index contributed by atoms with van der Waals surface area (Å²) >= 11 is 0. The monoisotopic (exact) mass is 414 g/mol. The topological polar surface area (TPSA) is 150 Å². The first kappa shape index (κ1) is 22.7. The number of carbonyl (C=O) groups excluding carboxylic acids is 2. The molecule has 2 aromatic rings. The molecule has 0 radical (unpaired) electrons. The molecule has 0 aliphatic heterocycles. The summed E-state index contributed by atoms with van der Waals surface area (Å²) in [6.45, 7) is 2.06. The van der Waals surface area contributed by atoms with Crippen LogP contribution >= 0.6 is 0 Å². The van der Waals surface area contributed by atoms with E-state index in [1.165, 1.54) is 7.11 Å². The van der Waals surface area contributed by atoms with Gasteiger partial charge in [-0.05, 0) is 30.2 Å². The van der Waals surface area contributed by atoms with E-state index in [4.69, 9.17) is 31.1 Å². The fraction of sp³-hybridized carbons (Fsp3) is 0.286. The maximum absolute atomic E-state index is 12.8. The highest BCUT2D eigenvalue weighted by Gasteiger charge is 2.22. The highest BCUT2D eigenvalue weighted by molar-refractivity contribution is 5.94. The molecule has 2 rings (SSSR count). The van der Waals surface area contributed by atoms with Crippen LogP contribution in [0.5, 0.6) is 11.5 Å². The molecule has 9 heteroatoms. The van der Waals surface area contributed by atoms with Gasteiger partial charge in [0.1, 0.15) is 5.84 Å². The van der Waals surface area contributed by atoms with Crippen molar-refractivity contribution >= 4 is 17.6 Å². The maximum atomic E-state index is 12.8. The average Bonchev–Trinajstić information content (AvgIpc) is 2.74. The highest BCUT2D eigenvalue weighted by atomic mass is 16.5. The quantitative estimate of drug-likeness (QED) is 0.321. The molecule has 1 atom stereocenters. The van der Waals surface area contributed by atoms with Crippen LogP contribution in [0.1, 0.15) is 29.7 Å². The van der Waals surface area contributed by atoms with E-state index in [2.05, 4.69) is 5.32 Å². The number of amidine groups is 1. The van der Waals surface area contributed by atoms with Gasteiger partial charge in [-0.3, -0.25) is 15.0 Å². The number of nitrogens with one attached hydrogen (secondary N) is 2. The first-order chi connectivity index (χ1) is 14.3. The van der Waals surface area contributed by atoms with Gasteiger partial charge >= 0.3 is 0 Å². The molecule has 0 fully saturated rings. The van der Waals surface area contributed by atoms with E-state index in [-0.39, 0.29) is 30.6 Å². The van der Waals surface area contributed by atoms with Crippen molar-refractivity contribution < 1.29 is 23.8 Å². The molecule has 1 unspecified atom stereocenters. The van der Waals surface area contributed by atoms with E-state index in [0.717, 1.165) is 5.56 Å². The van der Waals surface area contributed by atoms with Gasteiger partial charge in [0.2, 0.25) is 0 Å². The third-order valence-electron chi connectivity index (χ3n) is 4.16. The van der Waals surface area contributed by atoms with Crippen molar-refractivity contribution in [2.24, 2.45) is 11.5 Å². The molecule has 2 aromatic carbocycles. The largest absolute Gasteiger partial charge is 0.493 e. The van der Waals surface area contributed by atoms with Gasteiger partial charge in [0, 0.05) is 18.7 Å². The number of methoxy groups -OCH3 is 1. The predicted molar refractivity (Wildman–Crippen MR) is 111 cm³/mol. The zero-order valence-corrected chi connectivity index (χ0v) is 16.9. The molecular formula is C21H26N4O5. The zero-order chi connectivity index (χ0) is 22.1. The number of benzene rings is 2. The lowest BCUT2D eigenvalue weighted by molar-refractivity contribution is -0.133. The second kappa shape index (κ2) is 10.8. The van der Waals surface area contributed by atoms with Crippen molar-refractivity contribution in [1.29, 1.82) is 5.41 Å². The summed E-state index contributed by atoms with van der Waals surface area (Å²) < 4.78 is 16.2. The summed E-state index contributed by atoms with van der Waals surface area (Å²) in [6.07, 6.45) is -0.881. The lowest BCUT2D eigenvalue weighted by Crippen LogP contribution is -2.30. The first-order valence-electron chi connectivity index (χ1n) is 9.27. The molecule has 0 heterocycles. The molecule has 6 N–H and O–H groups in total. The molecule has 9 nitrogen and oxygen atoms in total. The lowest BCUT2D eigenvalue weighted by Gasteiger charge is -2.19. The summed E-state index contributed by atoms with van der Waals surface area (Å²) in [5.41, 5.74) is 12.6. The number of hydrogen-bond acceptors (Lipinski definition) is 6. The van der Waals surface area contributed by atoms with Crippen molar-refractivity contribution in [3.05, 3.63) is 59.2 Å². The number of primary amides is 1. The molecular weight excluding hydrogens is 388 g/mol. The molecule has 0 aliphatic rings. The fourth-order valence-corrected chi connectivity index (χ4v) is 2.69. The van der Waals surface area contributed by atoms with Crippen LogP contribution in [0.3, 0.4) is 0 Å². The second-order valence-corrected chi connectivity index (χ2v) is 6.33. The second-order valence-electron chi connectivity index (χ2n) is 6.33. The van der Waals surface area contributed by atoms with E-state index in [9.17, 15) is 9.59 Å². The number of nitrogens with two attached hydrogens (primary N) is 2. The fourth-order valence-electron chi connectivity index (χ4n) is 2.69. The Morgan fingerprint density at radius 3 is 2.37 bits per heavy atom. The summed E-state index contributed by atoms with van der Waals surface area (Å²) in [4.78, 5) is 23.8. The zero-order valence-electron chi connectivity index (χ0n) is 16.9. The van der Waals surface area contributed by atoms with Gasteiger partial charge in [0.05, 0.1) is 7.11 Å². The molecule has 2 amide bonds. The average molecular weight is 414 g/mol. The van der Waals surface area contributed by atoms with E-state index in [0.29, 0.717) is 23.5 Å². The number of hydrogen-bond donors (Lipinski definition) is 4. The van der Waals surface area contributed by atoms with Gasteiger partial charge in [-0.25, -0.2) is 0 Å². The Hall–Kier alpha value is -3.59. The van der Waals surface area contributed by atoms with Gasteiger partial charge in [-0.15, -0.1) is 0 Å². The van der Waals surface area contributed by atoms with Gasteiger partial charge in [0.15, 0.2) is 24.2 Å². The Morgan fingerprint density at radius 2 is 1.80 bits per heavy atom. The van der Waals surface area contributed by atoms with E-state index in [1.807, 2.05) is 0 Å². The minimum absolute atomic E-state index is 0.0177. The Morgan fingerprint density at radius 1 is 1.10 bits per heavy atom. The van der Waals surface area contributed by atoms with Crippen molar-refractivity contribution in [1.82, 2.24) is 5.32 Å². The van der Waals surface area contributed by atoms with E-state index in [1.54, 1.807) is 49.4 Å². The van der Waals surface area contributed by atoms with Crippen LogP contribution in [0.2, 0.25) is 0 Å². The first-order valence-corrected chi connectivity index (χ1v) is 9.27. The van der Waals surface area contributed by atoms with Crippen LogP contribution in [0.4, 0.5) is 0 Å². The number of ether oxygens (including phenoxy) is 3. The van der Waals surface area contributed by atoms with Crippen LogP contribution in [0.15, 0.2) is 42.5 Å². The van der Waals surface area contributed by atoms with E-state index < -0.39 is 12.0 Å². The molecule has 160 valence electrons. The molecule has 0 aromatic heterocycles. The SMILES string of the molecule is CCOC(C(=O)NCc1ccc(C(=N)N)cc1)c1ccc(OC)c(OCC(N)=O)c1. The Labute approximate surface area is 174 Å². The van der Waals surface area contributed by atoms with Crippen LogP contribution in [0.25, 0.3) is 0 Å². The number of amides is 2. The summed E-state index contributed by atoms with van der Waals surface area (Å²) in [5, 5.41) is 10.3. The van der Waals surface area contributed by atoms with Gasteiger partial charge in [-0.2, -0.15) is 0 Å². The van der Waals surface area contributed by atoms with Crippen LogP contribution in [-0.2, 0) is 20.9 Å². The van der Waals surface area contributed by atoms with Crippen molar-refractivity contribution in [3.63, 3.8) is 0 Å². The Bertz CT molecular complexity index is 899. The van der Waals surface area contributed by atoms with Crippen molar-refractivity contribution in [3.8, 4) is 11.5 Å². The molecule has 0 saturated carbocycles. The molecule has 0 bridgehead atoms. The predicted octanol–water partition coefficient (Wildman–Crippen LogP) is 1.24. The summed E-state index contributed by atoms with van der Waals surface area (Å²) in [6, 6.07) is 11.9. The van der Waals surface area contributed by atoms with Gasteiger partial charge in [-0.1, -0.05) is 30.3 Å². The Kier molecular flexibility index (Phi) is 8.18. The minimum Gasteiger partial charge on any atom is -0.493 e. The van der Waals surface area contributed by atoms with E-state index >= 15 is 0 Å². The molecule has 0 spiro atoms. The number of nitrogen functional groups attached to an aromatic ring is 1. The van der Waals surface area contributed by atoms with Crippen LogP contribution < -0.4 is 26.3 Å². The smallest absolute Gasteiger partial charge is 0.255 e. The molecule has 0 saturated heterocycles. The van der Waals surface area contributed by atoms with Crippen LogP contribution in [0, 0.1) is 5.41 Å². The van der Waals surface area contributed by atoms with Crippen molar-refractivity contribution in [2.45, 2.75) is 19.6 Å².